The van der Waals surface area contributed by atoms with Crippen LogP contribution in [0.2, 0.25) is 0 Å². The first kappa shape index (κ1) is 16.2. The highest BCUT2D eigenvalue weighted by molar-refractivity contribution is 9.12. The molecule has 6 heteroatoms. The Kier molecular flexibility index (Phi) is 6.11. The number of thiophene rings is 1. The summed E-state index contributed by atoms with van der Waals surface area (Å²) >= 11 is 16.0. The van der Waals surface area contributed by atoms with Crippen molar-refractivity contribution in [2.75, 3.05) is 6.54 Å². The normalized spacial score (nSPS) is 12.7. The van der Waals surface area contributed by atoms with Gasteiger partial charge in [0.25, 0.3) is 0 Å². The van der Waals surface area contributed by atoms with E-state index in [-0.39, 0.29) is 6.04 Å². The lowest BCUT2D eigenvalue weighted by molar-refractivity contribution is 0.630. The van der Waals surface area contributed by atoms with Gasteiger partial charge in [0.2, 0.25) is 0 Å². The minimum atomic E-state index is 0.177. The number of rotatable bonds is 4. The summed E-state index contributed by atoms with van der Waals surface area (Å²) in [5.74, 6) is 0. The minimum absolute atomic E-state index is 0.177. The highest BCUT2D eigenvalue weighted by Gasteiger charge is 2.19. The van der Waals surface area contributed by atoms with Crippen LogP contribution in [0.1, 0.15) is 24.1 Å². The van der Waals surface area contributed by atoms with E-state index >= 15 is 0 Å². The summed E-state index contributed by atoms with van der Waals surface area (Å²) in [6.45, 7) is 3.03. The van der Waals surface area contributed by atoms with Crippen LogP contribution < -0.4 is 5.32 Å². The first-order valence-electron chi connectivity index (χ1n) is 5.65. The Labute approximate surface area is 150 Å². The van der Waals surface area contributed by atoms with Crippen LogP contribution in [-0.2, 0) is 0 Å². The van der Waals surface area contributed by atoms with Gasteiger partial charge < -0.3 is 5.32 Å². The maximum Gasteiger partial charge on any atom is 0.0761 e. The zero-order valence-corrected chi connectivity index (χ0v) is 17.2. The predicted molar refractivity (Wildman–Crippen MR) is 97.1 cm³/mol. The summed E-state index contributed by atoms with van der Waals surface area (Å²) in [5.41, 5.74) is 2.48. The highest BCUT2D eigenvalue weighted by atomic mass is 79.9. The van der Waals surface area contributed by atoms with Gasteiger partial charge in [0.15, 0.2) is 0 Å². The fourth-order valence-corrected chi connectivity index (χ4v) is 6.13. The Hall–Kier alpha value is 0.800. The molecule has 1 unspecified atom stereocenters. The van der Waals surface area contributed by atoms with E-state index in [1.54, 1.807) is 11.3 Å². The van der Waals surface area contributed by atoms with Crippen molar-refractivity contribution in [2.24, 2.45) is 0 Å². The molecule has 0 aliphatic carbocycles. The Morgan fingerprint density at radius 2 is 1.68 bits per heavy atom. The molecule has 102 valence electrons. The standard InChI is InChI=1S/C13H11Br4NS/c1-2-18-12(10-6-11(16)19-13(10)17)7-3-8(14)5-9(15)4-7/h3-6,12,18H,2H2,1H3. The summed E-state index contributed by atoms with van der Waals surface area (Å²) in [6.07, 6.45) is 0. The lowest BCUT2D eigenvalue weighted by Crippen LogP contribution is -2.21. The van der Waals surface area contributed by atoms with E-state index in [0.29, 0.717) is 0 Å². The second kappa shape index (κ2) is 7.18. The number of hydrogen-bond acceptors (Lipinski definition) is 2. The van der Waals surface area contributed by atoms with Gasteiger partial charge in [-0.15, -0.1) is 11.3 Å². The smallest absolute Gasteiger partial charge is 0.0761 e. The fourth-order valence-electron chi connectivity index (χ4n) is 1.90. The van der Waals surface area contributed by atoms with Crippen molar-refractivity contribution in [1.29, 1.82) is 0 Å². The van der Waals surface area contributed by atoms with Gasteiger partial charge in [-0.05, 0) is 73.8 Å². The largest absolute Gasteiger partial charge is 0.306 e. The maximum atomic E-state index is 3.65. The quantitative estimate of drug-likeness (QED) is 0.474. The van der Waals surface area contributed by atoms with E-state index < -0.39 is 0 Å². The second-order valence-corrected chi connectivity index (χ2v) is 9.55. The second-order valence-electron chi connectivity index (χ2n) is 3.97. The van der Waals surface area contributed by atoms with Gasteiger partial charge in [0.1, 0.15) is 0 Å². The van der Waals surface area contributed by atoms with E-state index in [2.05, 4.69) is 94.2 Å². The van der Waals surface area contributed by atoms with Crippen LogP contribution in [0.4, 0.5) is 0 Å². The van der Waals surface area contributed by atoms with Crippen LogP contribution in [0.3, 0.4) is 0 Å². The van der Waals surface area contributed by atoms with Gasteiger partial charge in [-0.25, -0.2) is 0 Å². The molecule has 0 saturated heterocycles. The van der Waals surface area contributed by atoms with E-state index in [9.17, 15) is 0 Å². The van der Waals surface area contributed by atoms with Crippen molar-refractivity contribution in [1.82, 2.24) is 5.32 Å². The van der Waals surface area contributed by atoms with Gasteiger partial charge in [0, 0.05) is 8.95 Å². The first-order chi connectivity index (χ1) is 9.01. The molecule has 2 aromatic rings. The van der Waals surface area contributed by atoms with Crippen molar-refractivity contribution in [3.8, 4) is 0 Å². The zero-order chi connectivity index (χ0) is 14.0. The summed E-state index contributed by atoms with van der Waals surface area (Å²) in [4.78, 5) is 0. The zero-order valence-electron chi connectivity index (χ0n) is 10.0. The molecule has 0 aliphatic rings. The third-order valence-corrected chi connectivity index (χ3v) is 5.92. The monoisotopic (exact) mass is 529 g/mol. The van der Waals surface area contributed by atoms with Crippen LogP contribution in [-0.4, -0.2) is 6.54 Å². The van der Waals surface area contributed by atoms with Gasteiger partial charge in [-0.1, -0.05) is 38.8 Å². The summed E-state index contributed by atoms with van der Waals surface area (Å²) in [6, 6.07) is 8.68. The van der Waals surface area contributed by atoms with Gasteiger partial charge in [-0.3, -0.25) is 0 Å². The molecule has 0 amide bonds. The van der Waals surface area contributed by atoms with Crippen molar-refractivity contribution >= 4 is 75.1 Å². The van der Waals surface area contributed by atoms with Gasteiger partial charge in [-0.2, -0.15) is 0 Å². The molecule has 0 saturated carbocycles. The SMILES string of the molecule is CCNC(c1cc(Br)cc(Br)c1)c1cc(Br)sc1Br. The van der Waals surface area contributed by atoms with Crippen molar-refractivity contribution in [3.05, 3.63) is 51.9 Å². The topological polar surface area (TPSA) is 12.0 Å². The molecule has 0 spiro atoms. The molecule has 1 heterocycles. The predicted octanol–water partition coefficient (Wildman–Crippen LogP) is 6.50. The number of hydrogen-bond donors (Lipinski definition) is 1. The van der Waals surface area contributed by atoms with Crippen LogP contribution in [0.15, 0.2) is 40.8 Å². The third-order valence-electron chi connectivity index (χ3n) is 2.62. The first-order valence-corrected chi connectivity index (χ1v) is 9.64. The van der Waals surface area contributed by atoms with E-state index in [1.165, 1.54) is 11.1 Å². The average molecular weight is 533 g/mol. The average Bonchev–Trinajstić information content (AvgIpc) is 2.64. The Bertz CT molecular complexity index is 562. The fraction of sp³-hybridized carbons (Fsp3) is 0.231. The number of halogens is 4. The maximum absolute atomic E-state index is 3.65. The molecule has 0 fully saturated rings. The van der Waals surface area contributed by atoms with Crippen LogP contribution in [0, 0.1) is 0 Å². The molecular formula is C13H11Br4NS. The van der Waals surface area contributed by atoms with Crippen LogP contribution >= 0.6 is 75.1 Å². The molecule has 0 bridgehead atoms. The molecule has 0 aliphatic heterocycles. The van der Waals surface area contributed by atoms with E-state index in [1.807, 2.05) is 6.07 Å². The third kappa shape index (κ3) is 4.14. The highest BCUT2D eigenvalue weighted by Crippen LogP contribution is 2.38. The summed E-state index contributed by atoms with van der Waals surface area (Å²) in [7, 11) is 0. The van der Waals surface area contributed by atoms with Crippen molar-refractivity contribution in [2.45, 2.75) is 13.0 Å². The van der Waals surface area contributed by atoms with E-state index in [4.69, 9.17) is 0 Å². The number of benzene rings is 1. The van der Waals surface area contributed by atoms with Gasteiger partial charge >= 0.3 is 0 Å². The number of nitrogens with one attached hydrogen (secondary N) is 1. The molecule has 1 nitrogen and oxygen atoms in total. The molecule has 0 radical (unpaired) electrons. The van der Waals surface area contributed by atoms with E-state index in [0.717, 1.165) is 23.1 Å². The molecule has 19 heavy (non-hydrogen) atoms. The lowest BCUT2D eigenvalue weighted by atomic mass is 10.0. The summed E-state index contributed by atoms with van der Waals surface area (Å²) in [5, 5.41) is 3.54. The van der Waals surface area contributed by atoms with Gasteiger partial charge in [0.05, 0.1) is 13.6 Å². The molecule has 1 N–H and O–H groups in total. The molecule has 1 atom stereocenters. The molecule has 1 aromatic carbocycles. The molecular weight excluding hydrogens is 522 g/mol. The molecule has 2 rings (SSSR count). The van der Waals surface area contributed by atoms with Crippen molar-refractivity contribution in [3.63, 3.8) is 0 Å². The molecule has 1 aromatic heterocycles. The Morgan fingerprint density at radius 3 is 2.16 bits per heavy atom. The van der Waals surface area contributed by atoms with Crippen LogP contribution in [0.25, 0.3) is 0 Å². The minimum Gasteiger partial charge on any atom is -0.306 e. The van der Waals surface area contributed by atoms with Crippen molar-refractivity contribution < 1.29 is 0 Å². The van der Waals surface area contributed by atoms with Crippen LogP contribution in [0.5, 0.6) is 0 Å². The lowest BCUT2D eigenvalue weighted by Gasteiger charge is -2.19. The Balaban J connectivity index is 2.47. The Morgan fingerprint density at radius 1 is 1.05 bits per heavy atom. The summed E-state index contributed by atoms with van der Waals surface area (Å²) < 4.78 is 4.43.